The smallest absolute Gasteiger partial charge is 0.246 e. The van der Waals surface area contributed by atoms with E-state index in [4.69, 9.17) is 4.74 Å². The molecule has 8 nitrogen and oxygen atoms in total. The average molecular weight is 377 g/mol. The molecule has 4 heterocycles. The zero-order valence-electron chi connectivity index (χ0n) is 14.6. The highest BCUT2D eigenvalue weighted by Crippen LogP contribution is 2.22. The number of ether oxygens (including phenoxy) is 1. The number of pyridine rings is 1. The van der Waals surface area contributed by atoms with E-state index in [9.17, 15) is 8.42 Å². The van der Waals surface area contributed by atoms with Crippen molar-refractivity contribution in [3.63, 3.8) is 0 Å². The summed E-state index contributed by atoms with van der Waals surface area (Å²) in [5.74, 6) is 0. The van der Waals surface area contributed by atoms with Gasteiger partial charge in [-0.2, -0.15) is 9.40 Å². The summed E-state index contributed by atoms with van der Waals surface area (Å²) in [5, 5.41) is 4.24. The van der Waals surface area contributed by atoms with E-state index in [1.54, 1.807) is 21.4 Å². The van der Waals surface area contributed by atoms with Crippen LogP contribution >= 0.6 is 0 Å². The van der Waals surface area contributed by atoms with Crippen LogP contribution in [0.4, 0.5) is 0 Å². The number of aromatic nitrogens is 3. The van der Waals surface area contributed by atoms with Gasteiger partial charge >= 0.3 is 0 Å². The Kier molecular flexibility index (Phi) is 5.03. The van der Waals surface area contributed by atoms with Gasteiger partial charge < -0.3 is 4.74 Å². The molecule has 0 spiro atoms. The van der Waals surface area contributed by atoms with Crippen LogP contribution in [0.25, 0.3) is 0 Å². The van der Waals surface area contributed by atoms with Gasteiger partial charge in [0.2, 0.25) is 10.0 Å². The lowest BCUT2D eigenvalue weighted by atomic mass is 10.3. The number of rotatable bonds is 5. The van der Waals surface area contributed by atoms with Crippen molar-refractivity contribution in [1.82, 2.24) is 24.0 Å². The zero-order valence-corrected chi connectivity index (χ0v) is 15.4. The van der Waals surface area contributed by atoms with E-state index in [2.05, 4.69) is 15.0 Å². The fourth-order valence-corrected chi connectivity index (χ4v) is 4.75. The molecule has 0 unspecified atom stereocenters. The first kappa shape index (κ1) is 17.6. The third kappa shape index (κ3) is 3.66. The molecule has 9 heteroatoms. The molecule has 0 aromatic carbocycles. The van der Waals surface area contributed by atoms with Crippen molar-refractivity contribution in [2.75, 3.05) is 39.4 Å². The van der Waals surface area contributed by atoms with Crippen molar-refractivity contribution in [1.29, 1.82) is 0 Å². The van der Waals surface area contributed by atoms with E-state index in [1.807, 2.05) is 18.2 Å². The molecule has 4 rings (SSSR count). The number of sulfonamides is 1. The fraction of sp³-hybridized carbons (Fsp3) is 0.529. The molecule has 0 radical (unpaired) electrons. The molecule has 2 saturated heterocycles. The Labute approximate surface area is 153 Å². The average Bonchev–Trinajstić information content (AvgIpc) is 3.35. The van der Waals surface area contributed by atoms with E-state index < -0.39 is 10.0 Å². The van der Waals surface area contributed by atoms with Crippen molar-refractivity contribution in [2.24, 2.45) is 0 Å². The molecule has 0 N–H and O–H groups in total. The van der Waals surface area contributed by atoms with Crippen LogP contribution in [-0.4, -0.2) is 71.8 Å². The van der Waals surface area contributed by atoms with Gasteiger partial charge in [0.25, 0.3) is 0 Å². The predicted octanol–water partition coefficient (Wildman–Crippen LogP) is 0.746. The maximum Gasteiger partial charge on any atom is 0.246 e. The second kappa shape index (κ2) is 7.43. The minimum absolute atomic E-state index is 0.133. The molecule has 2 aliphatic heterocycles. The van der Waals surface area contributed by atoms with Gasteiger partial charge in [-0.05, 0) is 18.6 Å². The van der Waals surface area contributed by atoms with Gasteiger partial charge in [0, 0.05) is 51.7 Å². The Bertz CT molecular complexity index is 825. The first-order valence-corrected chi connectivity index (χ1v) is 10.3. The molecule has 140 valence electrons. The monoisotopic (exact) mass is 377 g/mol. The second-order valence-electron chi connectivity index (χ2n) is 6.67. The topological polar surface area (TPSA) is 80.6 Å². The van der Waals surface area contributed by atoms with Crippen LogP contribution in [0.2, 0.25) is 0 Å². The van der Waals surface area contributed by atoms with Gasteiger partial charge in [0.1, 0.15) is 4.90 Å². The van der Waals surface area contributed by atoms with E-state index in [0.29, 0.717) is 39.4 Å². The van der Waals surface area contributed by atoms with Gasteiger partial charge in [-0.3, -0.25) is 14.6 Å². The largest absolute Gasteiger partial charge is 0.379 e. The van der Waals surface area contributed by atoms with Crippen molar-refractivity contribution in [3.05, 3.63) is 42.5 Å². The summed E-state index contributed by atoms with van der Waals surface area (Å²) in [7, 11) is -3.50. The van der Waals surface area contributed by atoms with E-state index in [0.717, 1.165) is 18.7 Å². The predicted molar refractivity (Wildman–Crippen MR) is 95.0 cm³/mol. The quantitative estimate of drug-likeness (QED) is 0.765. The lowest BCUT2D eigenvalue weighted by Crippen LogP contribution is -2.48. The van der Waals surface area contributed by atoms with E-state index >= 15 is 0 Å². The van der Waals surface area contributed by atoms with Gasteiger partial charge in [-0.1, -0.05) is 6.07 Å². The molecular formula is C17H23N5O3S. The summed E-state index contributed by atoms with van der Waals surface area (Å²) in [5.41, 5.74) is 1.00. The lowest BCUT2D eigenvalue weighted by Gasteiger charge is -2.33. The van der Waals surface area contributed by atoms with Crippen LogP contribution in [-0.2, 0) is 21.3 Å². The number of hydrogen-bond acceptors (Lipinski definition) is 6. The molecule has 0 saturated carbocycles. The molecule has 1 atom stereocenters. The van der Waals surface area contributed by atoms with Crippen LogP contribution in [0.15, 0.2) is 41.7 Å². The summed E-state index contributed by atoms with van der Waals surface area (Å²) in [6.07, 6.45) is 5.74. The van der Waals surface area contributed by atoms with E-state index in [-0.39, 0.29) is 10.9 Å². The molecule has 2 aromatic heterocycles. The van der Waals surface area contributed by atoms with Gasteiger partial charge in [-0.25, -0.2) is 8.42 Å². The lowest BCUT2D eigenvalue weighted by molar-refractivity contribution is 0.180. The minimum atomic E-state index is -3.50. The Morgan fingerprint density at radius 1 is 1.19 bits per heavy atom. The highest BCUT2D eigenvalue weighted by molar-refractivity contribution is 7.89. The normalized spacial score (nSPS) is 22.7. The Morgan fingerprint density at radius 2 is 2.04 bits per heavy atom. The third-order valence-corrected chi connectivity index (χ3v) is 6.79. The highest BCUT2D eigenvalue weighted by atomic mass is 32.2. The minimum Gasteiger partial charge on any atom is -0.379 e. The van der Waals surface area contributed by atoms with Crippen LogP contribution < -0.4 is 0 Å². The molecule has 2 aliphatic rings. The number of piperazine rings is 1. The summed E-state index contributed by atoms with van der Waals surface area (Å²) in [6, 6.07) is 5.99. The van der Waals surface area contributed by atoms with Crippen LogP contribution in [0.3, 0.4) is 0 Å². The third-order valence-electron chi connectivity index (χ3n) is 4.94. The zero-order chi connectivity index (χ0) is 18.0. The first-order chi connectivity index (χ1) is 12.6. The van der Waals surface area contributed by atoms with Crippen molar-refractivity contribution >= 4 is 10.0 Å². The van der Waals surface area contributed by atoms with Gasteiger partial charge in [0.05, 0.1) is 24.5 Å². The summed E-state index contributed by atoms with van der Waals surface area (Å²) in [6.45, 7) is 4.38. The Morgan fingerprint density at radius 3 is 2.73 bits per heavy atom. The van der Waals surface area contributed by atoms with Crippen LogP contribution in [0.5, 0.6) is 0 Å². The van der Waals surface area contributed by atoms with Crippen molar-refractivity contribution < 1.29 is 13.2 Å². The van der Waals surface area contributed by atoms with Gasteiger partial charge in [0.15, 0.2) is 0 Å². The molecule has 26 heavy (non-hydrogen) atoms. The molecule has 2 fully saturated rings. The maximum absolute atomic E-state index is 12.9. The molecule has 0 bridgehead atoms. The van der Waals surface area contributed by atoms with Crippen molar-refractivity contribution in [2.45, 2.75) is 23.9 Å². The fourth-order valence-electron chi connectivity index (χ4n) is 3.38. The summed E-state index contributed by atoms with van der Waals surface area (Å²) >= 11 is 0. The Hall–Kier alpha value is -1.81. The summed E-state index contributed by atoms with van der Waals surface area (Å²) in [4.78, 5) is 6.83. The summed E-state index contributed by atoms with van der Waals surface area (Å²) < 4.78 is 34.4. The molecule has 0 aliphatic carbocycles. The van der Waals surface area contributed by atoms with Crippen molar-refractivity contribution in [3.8, 4) is 0 Å². The molecule has 2 aromatic rings. The maximum atomic E-state index is 12.9. The van der Waals surface area contributed by atoms with Crippen LogP contribution in [0, 0.1) is 0 Å². The van der Waals surface area contributed by atoms with Crippen LogP contribution in [0.1, 0.15) is 18.2 Å². The molecule has 0 amide bonds. The molecular weight excluding hydrogens is 354 g/mol. The number of nitrogens with zero attached hydrogens (tertiary/aromatic N) is 5. The van der Waals surface area contributed by atoms with Gasteiger partial charge in [-0.15, -0.1) is 0 Å². The number of hydrogen-bond donors (Lipinski definition) is 0. The highest BCUT2D eigenvalue weighted by Gasteiger charge is 2.30. The SMILES string of the molecule is O=S(=O)(c1cnn([C@H]2CCOC2)c1)N1CCN(Cc2ccccn2)CC1. The Balaban J connectivity index is 1.38. The first-order valence-electron chi connectivity index (χ1n) is 8.87. The standard InChI is InChI=1S/C17H23N5O3S/c23-26(24,17-11-19-22(13-17)16-4-10-25-14-16)21-8-6-20(7-9-21)12-15-3-1-2-5-18-15/h1-3,5,11,13,16H,4,6-10,12,14H2/t16-/m0/s1. The van der Waals surface area contributed by atoms with E-state index in [1.165, 1.54) is 6.20 Å². The second-order valence-corrected chi connectivity index (χ2v) is 8.61.